The molecule has 1 fully saturated rings. The molecule has 1 unspecified atom stereocenters. The second-order valence-electron chi connectivity index (χ2n) is 6.97. The van der Waals surface area contributed by atoms with Crippen LogP contribution in [0.3, 0.4) is 0 Å². The first-order valence-electron chi connectivity index (χ1n) is 9.57. The quantitative estimate of drug-likeness (QED) is 0.376. The lowest BCUT2D eigenvalue weighted by atomic mass is 10.1. The van der Waals surface area contributed by atoms with Crippen LogP contribution >= 0.6 is 22.6 Å². The van der Waals surface area contributed by atoms with Gasteiger partial charge in [0, 0.05) is 34.7 Å². The van der Waals surface area contributed by atoms with Gasteiger partial charge < -0.3 is 10.1 Å². The molecule has 1 saturated heterocycles. The number of amides is 1. The molecule has 2 N–H and O–H groups in total. The van der Waals surface area contributed by atoms with Crippen LogP contribution in [-0.4, -0.2) is 28.8 Å². The smallest absolute Gasteiger partial charge is 0.277 e. The molecule has 0 bridgehead atoms. The summed E-state index contributed by atoms with van der Waals surface area (Å²) in [6, 6.07) is 7.20. The zero-order valence-electron chi connectivity index (χ0n) is 16.2. The highest BCUT2D eigenvalue weighted by Gasteiger charge is 2.23. The fourth-order valence-electron chi connectivity index (χ4n) is 3.25. The standard InChI is InChI=1S/C21H20FIN4O3/c1-12-10-13(23)5-6-15(12)26-19-14(11-16-20(18(19)22)25-8-7-24-16)21(28)27-30-17-4-2-3-9-29-17/h5-8,10-11,17,26H,2-4,9H2,1H3,(H,27,28). The molecule has 1 aromatic heterocycles. The number of fused-ring (bicyclic) bond motifs is 1. The van der Waals surface area contributed by atoms with Crippen molar-refractivity contribution in [3.8, 4) is 0 Å². The van der Waals surface area contributed by atoms with Gasteiger partial charge in [-0.15, -0.1) is 0 Å². The Bertz CT molecular complexity index is 1090. The number of aromatic nitrogens is 2. The third-order valence-corrected chi connectivity index (χ3v) is 5.49. The number of anilines is 2. The zero-order valence-corrected chi connectivity index (χ0v) is 18.4. The number of benzene rings is 2. The Morgan fingerprint density at radius 2 is 2.10 bits per heavy atom. The molecule has 0 radical (unpaired) electrons. The van der Waals surface area contributed by atoms with Crippen LogP contribution in [0.2, 0.25) is 0 Å². The molecule has 3 aromatic rings. The highest BCUT2D eigenvalue weighted by Crippen LogP contribution is 2.31. The van der Waals surface area contributed by atoms with Crippen LogP contribution in [0.15, 0.2) is 36.7 Å². The maximum Gasteiger partial charge on any atom is 0.277 e. The molecule has 2 aromatic carbocycles. The van der Waals surface area contributed by atoms with Crippen LogP contribution in [0.25, 0.3) is 11.0 Å². The van der Waals surface area contributed by atoms with Crippen molar-refractivity contribution in [2.75, 3.05) is 11.9 Å². The van der Waals surface area contributed by atoms with E-state index in [1.54, 1.807) is 0 Å². The summed E-state index contributed by atoms with van der Waals surface area (Å²) >= 11 is 2.21. The monoisotopic (exact) mass is 522 g/mol. The Labute approximate surface area is 186 Å². The summed E-state index contributed by atoms with van der Waals surface area (Å²) in [6.45, 7) is 2.49. The van der Waals surface area contributed by atoms with E-state index < -0.39 is 18.0 Å². The first kappa shape index (κ1) is 20.9. The van der Waals surface area contributed by atoms with Crippen molar-refractivity contribution in [1.82, 2.24) is 15.4 Å². The molecule has 7 nitrogen and oxygen atoms in total. The average molecular weight is 522 g/mol. The highest BCUT2D eigenvalue weighted by atomic mass is 127. The fourth-order valence-corrected chi connectivity index (χ4v) is 3.90. The minimum Gasteiger partial charge on any atom is -0.352 e. The number of ether oxygens (including phenoxy) is 1. The molecule has 1 aliphatic heterocycles. The summed E-state index contributed by atoms with van der Waals surface area (Å²) in [7, 11) is 0. The van der Waals surface area contributed by atoms with Crippen molar-refractivity contribution in [2.24, 2.45) is 0 Å². The topological polar surface area (TPSA) is 85.4 Å². The molecule has 0 saturated carbocycles. The van der Waals surface area contributed by atoms with Gasteiger partial charge in [0.2, 0.25) is 0 Å². The number of hydrogen-bond acceptors (Lipinski definition) is 6. The molecular weight excluding hydrogens is 502 g/mol. The Balaban J connectivity index is 1.69. The van der Waals surface area contributed by atoms with E-state index in [-0.39, 0.29) is 22.3 Å². The van der Waals surface area contributed by atoms with E-state index in [9.17, 15) is 4.79 Å². The SMILES string of the molecule is Cc1cc(I)ccc1Nc1c(C(=O)NOC2CCCCO2)cc2nccnc2c1F. The third kappa shape index (κ3) is 4.52. The number of aryl methyl sites for hydroxylation is 1. The second-order valence-corrected chi connectivity index (χ2v) is 8.21. The summed E-state index contributed by atoms with van der Waals surface area (Å²) in [4.78, 5) is 26.5. The van der Waals surface area contributed by atoms with Gasteiger partial charge in [0.05, 0.1) is 16.8 Å². The largest absolute Gasteiger partial charge is 0.352 e. The molecular formula is C21H20FIN4O3. The summed E-state index contributed by atoms with van der Waals surface area (Å²) in [5.41, 5.74) is 4.42. The maximum atomic E-state index is 15.4. The van der Waals surface area contributed by atoms with Gasteiger partial charge in [-0.3, -0.25) is 9.78 Å². The average Bonchev–Trinajstić information content (AvgIpc) is 2.76. The second kappa shape index (κ2) is 9.19. The van der Waals surface area contributed by atoms with E-state index in [2.05, 4.69) is 43.4 Å². The number of hydroxylamine groups is 1. The van der Waals surface area contributed by atoms with E-state index >= 15 is 4.39 Å². The van der Waals surface area contributed by atoms with Crippen molar-refractivity contribution >= 4 is 50.9 Å². The van der Waals surface area contributed by atoms with Crippen molar-refractivity contribution in [3.05, 3.63) is 57.2 Å². The molecule has 0 spiro atoms. The van der Waals surface area contributed by atoms with Crippen LogP contribution in [-0.2, 0) is 9.57 Å². The Morgan fingerprint density at radius 1 is 1.27 bits per heavy atom. The summed E-state index contributed by atoms with van der Waals surface area (Å²) in [6.07, 6.45) is 4.96. The fraction of sp³-hybridized carbons (Fsp3) is 0.286. The van der Waals surface area contributed by atoms with Gasteiger partial charge in [-0.25, -0.2) is 19.7 Å². The Kier molecular flexibility index (Phi) is 6.40. The number of nitrogens with zero attached hydrogens (tertiary/aromatic N) is 2. The Hall–Kier alpha value is -2.37. The zero-order chi connectivity index (χ0) is 21.1. The highest BCUT2D eigenvalue weighted by molar-refractivity contribution is 14.1. The molecule has 1 atom stereocenters. The van der Waals surface area contributed by atoms with Gasteiger partial charge in [0.1, 0.15) is 5.52 Å². The van der Waals surface area contributed by atoms with Crippen molar-refractivity contribution < 1.29 is 18.8 Å². The van der Waals surface area contributed by atoms with Gasteiger partial charge in [0.15, 0.2) is 12.1 Å². The predicted octanol–water partition coefficient (Wildman–Crippen LogP) is 4.61. The normalized spacial score (nSPS) is 16.4. The van der Waals surface area contributed by atoms with E-state index in [1.807, 2.05) is 25.1 Å². The van der Waals surface area contributed by atoms with Gasteiger partial charge in [-0.1, -0.05) is 0 Å². The van der Waals surface area contributed by atoms with Crippen LogP contribution < -0.4 is 10.8 Å². The van der Waals surface area contributed by atoms with E-state index in [0.29, 0.717) is 18.7 Å². The molecule has 2 heterocycles. The molecule has 1 aliphatic rings. The molecule has 4 rings (SSSR count). The number of rotatable bonds is 5. The van der Waals surface area contributed by atoms with Gasteiger partial charge in [-0.05, 0) is 72.2 Å². The summed E-state index contributed by atoms with van der Waals surface area (Å²) < 4.78 is 21.9. The first-order valence-corrected chi connectivity index (χ1v) is 10.6. The van der Waals surface area contributed by atoms with Crippen LogP contribution in [0.4, 0.5) is 15.8 Å². The van der Waals surface area contributed by atoms with Crippen LogP contribution in [0.5, 0.6) is 0 Å². The van der Waals surface area contributed by atoms with E-state index in [1.165, 1.54) is 18.5 Å². The van der Waals surface area contributed by atoms with Crippen LogP contribution in [0, 0.1) is 16.3 Å². The molecule has 30 heavy (non-hydrogen) atoms. The third-order valence-electron chi connectivity index (χ3n) is 4.82. The van der Waals surface area contributed by atoms with Crippen LogP contribution in [0.1, 0.15) is 35.2 Å². The minimum atomic E-state index is -0.655. The lowest BCUT2D eigenvalue weighted by molar-refractivity contribution is -0.186. The van der Waals surface area contributed by atoms with E-state index in [0.717, 1.165) is 22.0 Å². The molecule has 0 aliphatic carbocycles. The molecule has 156 valence electrons. The number of nitrogens with one attached hydrogen (secondary N) is 2. The van der Waals surface area contributed by atoms with Gasteiger partial charge in [0.25, 0.3) is 5.91 Å². The maximum absolute atomic E-state index is 15.4. The number of carbonyl (C=O) groups is 1. The van der Waals surface area contributed by atoms with Crippen molar-refractivity contribution in [1.29, 1.82) is 0 Å². The van der Waals surface area contributed by atoms with Crippen molar-refractivity contribution in [3.63, 3.8) is 0 Å². The van der Waals surface area contributed by atoms with Crippen molar-refractivity contribution in [2.45, 2.75) is 32.5 Å². The lowest BCUT2D eigenvalue weighted by Gasteiger charge is -2.22. The van der Waals surface area contributed by atoms with E-state index in [4.69, 9.17) is 9.57 Å². The minimum absolute atomic E-state index is 0.0120. The number of hydrogen-bond donors (Lipinski definition) is 2. The number of carbonyl (C=O) groups excluding carboxylic acids is 1. The predicted molar refractivity (Wildman–Crippen MR) is 119 cm³/mol. The molecule has 9 heteroatoms. The lowest BCUT2D eigenvalue weighted by Crippen LogP contribution is -2.33. The van der Waals surface area contributed by atoms with Gasteiger partial charge >= 0.3 is 0 Å². The Morgan fingerprint density at radius 3 is 2.87 bits per heavy atom. The van der Waals surface area contributed by atoms with Gasteiger partial charge in [-0.2, -0.15) is 0 Å². The first-order chi connectivity index (χ1) is 14.5. The number of halogens is 2. The summed E-state index contributed by atoms with van der Waals surface area (Å²) in [5.74, 6) is -1.25. The molecule has 1 amide bonds. The summed E-state index contributed by atoms with van der Waals surface area (Å²) in [5, 5.41) is 3.05.